The Balaban J connectivity index is 1.35. The predicted octanol–water partition coefficient (Wildman–Crippen LogP) is 2.87. The Morgan fingerprint density at radius 3 is 2.42 bits per heavy atom. The summed E-state index contributed by atoms with van der Waals surface area (Å²) in [6.45, 7) is 0.572. The van der Waals surface area contributed by atoms with E-state index in [-0.39, 0.29) is 75.0 Å². The molecular formula is C31H33F2N5O5. The first-order valence-electron chi connectivity index (χ1n) is 13.9. The fraction of sp³-hybridized carbons (Fsp3) is 0.323. The van der Waals surface area contributed by atoms with Gasteiger partial charge < -0.3 is 25.0 Å². The fourth-order valence-electron chi connectivity index (χ4n) is 5.41. The van der Waals surface area contributed by atoms with E-state index < -0.39 is 18.2 Å². The molecule has 3 aromatic carbocycles. The van der Waals surface area contributed by atoms with Crippen LogP contribution in [0.3, 0.4) is 0 Å². The normalized spacial score (nSPS) is 19.0. The summed E-state index contributed by atoms with van der Waals surface area (Å²) in [5.74, 6) is -1.26. The maximum absolute atomic E-state index is 13.8. The Hall–Kier alpha value is -4.55. The van der Waals surface area contributed by atoms with Crippen molar-refractivity contribution in [2.24, 2.45) is 0 Å². The number of benzene rings is 3. The molecule has 10 nitrogen and oxygen atoms in total. The molecule has 0 aliphatic carbocycles. The van der Waals surface area contributed by atoms with Gasteiger partial charge in [-0.1, -0.05) is 36.4 Å². The molecule has 0 radical (unpaired) electrons. The Bertz CT molecular complexity index is 1460. The number of nitrogens with one attached hydrogen (secondary N) is 1. The van der Waals surface area contributed by atoms with Crippen LogP contribution in [-0.2, 0) is 33.9 Å². The molecule has 4 amide bonds. The van der Waals surface area contributed by atoms with Crippen LogP contribution in [0.1, 0.15) is 16.7 Å². The van der Waals surface area contributed by atoms with Gasteiger partial charge in [-0.2, -0.15) is 0 Å². The molecule has 0 spiro atoms. The SMILES string of the molecule is CN1CC(=O)N2C(CN(CCOCc3cccc(F)c3)C(=O)[C@@H]2Cc2ccc(O)cc2)N1C(=O)NCc1ccc(F)cc1. The summed E-state index contributed by atoms with van der Waals surface area (Å²) >= 11 is 0. The van der Waals surface area contributed by atoms with Gasteiger partial charge in [-0.15, -0.1) is 0 Å². The number of urea groups is 1. The summed E-state index contributed by atoms with van der Waals surface area (Å²) < 4.78 is 32.6. The number of hydrazine groups is 1. The third kappa shape index (κ3) is 7.09. The van der Waals surface area contributed by atoms with Crippen molar-refractivity contribution in [2.45, 2.75) is 31.8 Å². The largest absolute Gasteiger partial charge is 0.508 e. The average Bonchev–Trinajstić information content (AvgIpc) is 2.98. The Labute approximate surface area is 248 Å². The number of piperazine rings is 1. The van der Waals surface area contributed by atoms with Crippen molar-refractivity contribution in [1.82, 2.24) is 25.1 Å². The van der Waals surface area contributed by atoms with Crippen molar-refractivity contribution in [1.29, 1.82) is 0 Å². The number of halogens is 2. The van der Waals surface area contributed by atoms with Gasteiger partial charge in [0.1, 0.15) is 29.6 Å². The summed E-state index contributed by atoms with van der Waals surface area (Å²) in [5.41, 5.74) is 2.09. The molecule has 2 heterocycles. The molecule has 2 N–H and O–H groups in total. The number of rotatable bonds is 9. The molecule has 43 heavy (non-hydrogen) atoms. The zero-order chi connectivity index (χ0) is 30.5. The zero-order valence-corrected chi connectivity index (χ0v) is 23.7. The second-order valence-electron chi connectivity index (χ2n) is 10.6. The lowest BCUT2D eigenvalue weighted by atomic mass is 9.98. The van der Waals surface area contributed by atoms with Gasteiger partial charge in [-0.05, 0) is 53.1 Å². The molecule has 1 unspecified atom stereocenters. The van der Waals surface area contributed by atoms with Gasteiger partial charge in [0, 0.05) is 26.6 Å². The average molecular weight is 594 g/mol. The fourth-order valence-corrected chi connectivity index (χ4v) is 5.41. The van der Waals surface area contributed by atoms with Crippen molar-refractivity contribution in [3.63, 3.8) is 0 Å². The molecule has 5 rings (SSSR count). The van der Waals surface area contributed by atoms with Gasteiger partial charge in [-0.3, -0.25) is 9.59 Å². The summed E-state index contributed by atoms with van der Waals surface area (Å²) in [4.78, 5) is 43.8. The highest BCUT2D eigenvalue weighted by atomic mass is 19.1. The maximum Gasteiger partial charge on any atom is 0.334 e. The first kappa shape index (κ1) is 29.9. The molecule has 0 bridgehead atoms. The highest BCUT2D eigenvalue weighted by molar-refractivity contribution is 5.91. The van der Waals surface area contributed by atoms with Crippen LogP contribution in [0.4, 0.5) is 13.6 Å². The Morgan fingerprint density at radius 1 is 0.977 bits per heavy atom. The molecule has 2 atom stereocenters. The van der Waals surface area contributed by atoms with Crippen molar-refractivity contribution >= 4 is 17.8 Å². The van der Waals surface area contributed by atoms with Crippen LogP contribution in [0.5, 0.6) is 5.75 Å². The van der Waals surface area contributed by atoms with Crippen LogP contribution in [0.25, 0.3) is 0 Å². The quantitative estimate of drug-likeness (QED) is 0.370. The van der Waals surface area contributed by atoms with E-state index in [1.54, 1.807) is 48.3 Å². The number of hydrogen-bond donors (Lipinski definition) is 2. The standard InChI is InChI=1S/C31H33F2N5O5/c1-35-19-29(40)37-27(16-21-7-11-26(39)12-8-21)30(41)36(13-14-43-20-23-3-2-4-25(33)15-23)18-28(37)38(35)31(42)34-17-22-5-9-24(32)10-6-22/h2-12,15,27-28,39H,13-14,16-20H2,1H3,(H,34,42)/t27-,28?/m0/s1. The lowest BCUT2D eigenvalue weighted by Gasteiger charge is -2.54. The minimum absolute atomic E-state index is 0.0499. The van der Waals surface area contributed by atoms with Crippen molar-refractivity contribution in [3.05, 3.63) is 101 Å². The topological polar surface area (TPSA) is 106 Å². The van der Waals surface area contributed by atoms with Crippen molar-refractivity contribution in [3.8, 4) is 5.75 Å². The lowest BCUT2D eigenvalue weighted by Crippen LogP contribution is -2.76. The van der Waals surface area contributed by atoms with Crippen molar-refractivity contribution < 1.29 is 33.0 Å². The number of carbonyl (C=O) groups is 3. The highest BCUT2D eigenvalue weighted by Crippen LogP contribution is 2.28. The number of phenols is 1. The first-order valence-corrected chi connectivity index (χ1v) is 13.9. The molecule has 2 fully saturated rings. The summed E-state index contributed by atoms with van der Waals surface area (Å²) in [7, 11) is 1.63. The number of fused-ring (bicyclic) bond motifs is 1. The van der Waals surface area contributed by atoms with Gasteiger partial charge in [0.2, 0.25) is 11.8 Å². The molecule has 12 heteroatoms. The van der Waals surface area contributed by atoms with E-state index >= 15 is 0 Å². The molecule has 226 valence electrons. The molecular weight excluding hydrogens is 560 g/mol. The Kier molecular flexibility index (Phi) is 9.17. The number of carbonyl (C=O) groups excluding carboxylic acids is 3. The van der Waals surface area contributed by atoms with E-state index in [1.165, 1.54) is 51.3 Å². The van der Waals surface area contributed by atoms with E-state index in [4.69, 9.17) is 4.74 Å². The van der Waals surface area contributed by atoms with E-state index in [0.29, 0.717) is 11.1 Å². The first-order chi connectivity index (χ1) is 20.7. The van der Waals surface area contributed by atoms with Crippen LogP contribution >= 0.6 is 0 Å². The van der Waals surface area contributed by atoms with Crippen molar-refractivity contribution in [2.75, 3.05) is 33.3 Å². The van der Waals surface area contributed by atoms with E-state index in [2.05, 4.69) is 5.32 Å². The number of likely N-dealkylation sites (N-methyl/N-ethyl adjacent to an activating group) is 1. The number of amides is 4. The van der Waals surface area contributed by atoms with Gasteiger partial charge in [0.05, 0.1) is 26.3 Å². The third-order valence-corrected chi connectivity index (χ3v) is 7.53. The van der Waals surface area contributed by atoms with Crippen LogP contribution in [0, 0.1) is 11.6 Å². The van der Waals surface area contributed by atoms with Crippen LogP contribution in [0.2, 0.25) is 0 Å². The minimum Gasteiger partial charge on any atom is -0.508 e. The smallest absolute Gasteiger partial charge is 0.334 e. The molecule has 3 aromatic rings. The van der Waals surface area contributed by atoms with E-state index in [1.807, 2.05) is 0 Å². The lowest BCUT2D eigenvalue weighted by molar-refractivity contribution is -0.187. The van der Waals surface area contributed by atoms with E-state index in [0.717, 1.165) is 5.56 Å². The number of aromatic hydroxyl groups is 1. The van der Waals surface area contributed by atoms with E-state index in [9.17, 15) is 28.3 Å². The molecule has 2 aliphatic rings. The Morgan fingerprint density at radius 2 is 1.70 bits per heavy atom. The van der Waals surface area contributed by atoms with Gasteiger partial charge in [-0.25, -0.2) is 23.6 Å². The van der Waals surface area contributed by atoms with Crippen LogP contribution < -0.4 is 5.32 Å². The monoisotopic (exact) mass is 593 g/mol. The highest BCUT2D eigenvalue weighted by Gasteiger charge is 2.50. The van der Waals surface area contributed by atoms with Gasteiger partial charge in [0.15, 0.2) is 0 Å². The molecule has 2 aliphatic heterocycles. The van der Waals surface area contributed by atoms with Crippen LogP contribution in [-0.4, -0.2) is 88.3 Å². The predicted molar refractivity (Wildman–Crippen MR) is 152 cm³/mol. The number of ether oxygens (including phenoxy) is 1. The number of hydrogen-bond acceptors (Lipinski definition) is 6. The molecule has 0 aromatic heterocycles. The molecule has 0 saturated carbocycles. The third-order valence-electron chi connectivity index (χ3n) is 7.53. The second-order valence-corrected chi connectivity index (χ2v) is 10.6. The second kappa shape index (κ2) is 13.2. The number of phenolic OH excluding ortho intramolecular Hbond substituents is 1. The summed E-state index contributed by atoms with van der Waals surface area (Å²) in [6, 6.07) is 16.8. The minimum atomic E-state index is -0.903. The summed E-state index contributed by atoms with van der Waals surface area (Å²) in [5, 5.41) is 15.5. The van der Waals surface area contributed by atoms with Crippen LogP contribution in [0.15, 0.2) is 72.8 Å². The number of nitrogens with zero attached hydrogens (tertiary/aromatic N) is 4. The molecule has 2 saturated heterocycles. The van der Waals surface area contributed by atoms with Gasteiger partial charge >= 0.3 is 6.03 Å². The maximum atomic E-state index is 13.8. The van der Waals surface area contributed by atoms with Gasteiger partial charge in [0.25, 0.3) is 0 Å². The summed E-state index contributed by atoms with van der Waals surface area (Å²) in [6.07, 6.45) is -0.626. The zero-order valence-electron chi connectivity index (χ0n) is 23.7.